The standard InChI is InChI=1S/C27H30N2O6/c30-25(29-13-14-34-16-24(29)26(31)32)21-11-5-6-12-23(21)28-27(33)35-15-22-19-9-3-1-7-17(19)18-8-2-4-10-20(18)22/h1-4,7-10,21-24H,5-6,11-16H2,(H,28,33)(H,31,32)/t21-,23+,24?/m1/s1. The molecule has 0 spiro atoms. The van der Waals surface area contributed by atoms with Crippen molar-refractivity contribution in [3.63, 3.8) is 0 Å². The molecule has 2 aliphatic carbocycles. The normalized spacial score (nSPS) is 23.8. The highest BCUT2D eigenvalue weighted by atomic mass is 16.5. The summed E-state index contributed by atoms with van der Waals surface area (Å²) >= 11 is 0. The van der Waals surface area contributed by atoms with E-state index in [9.17, 15) is 19.5 Å². The average molecular weight is 479 g/mol. The minimum Gasteiger partial charge on any atom is -0.480 e. The molecule has 5 rings (SSSR count). The molecule has 35 heavy (non-hydrogen) atoms. The predicted octanol–water partition coefficient (Wildman–Crippen LogP) is 3.40. The molecule has 2 aromatic carbocycles. The van der Waals surface area contributed by atoms with E-state index >= 15 is 0 Å². The maximum Gasteiger partial charge on any atom is 0.407 e. The molecule has 0 radical (unpaired) electrons. The molecule has 1 aliphatic heterocycles. The van der Waals surface area contributed by atoms with Crippen molar-refractivity contribution >= 4 is 18.0 Å². The number of benzene rings is 2. The van der Waals surface area contributed by atoms with Gasteiger partial charge in [0.25, 0.3) is 0 Å². The Morgan fingerprint density at radius 3 is 2.34 bits per heavy atom. The molecule has 1 heterocycles. The van der Waals surface area contributed by atoms with Crippen LogP contribution in [0.1, 0.15) is 42.7 Å². The van der Waals surface area contributed by atoms with E-state index in [1.54, 1.807) is 0 Å². The van der Waals surface area contributed by atoms with Gasteiger partial charge in [0.1, 0.15) is 6.61 Å². The molecule has 1 saturated heterocycles. The van der Waals surface area contributed by atoms with Crippen LogP contribution < -0.4 is 5.32 Å². The molecule has 3 atom stereocenters. The number of hydrogen-bond donors (Lipinski definition) is 2. The molecule has 2 amide bonds. The van der Waals surface area contributed by atoms with Gasteiger partial charge in [0.2, 0.25) is 5.91 Å². The van der Waals surface area contributed by atoms with Crippen LogP contribution in [0.3, 0.4) is 0 Å². The fraction of sp³-hybridized carbons (Fsp3) is 0.444. The summed E-state index contributed by atoms with van der Waals surface area (Å²) in [5, 5.41) is 12.4. The summed E-state index contributed by atoms with van der Waals surface area (Å²) in [5.41, 5.74) is 4.60. The van der Waals surface area contributed by atoms with Gasteiger partial charge in [-0.1, -0.05) is 61.4 Å². The molecule has 3 aliphatic rings. The third-order valence-corrected chi connectivity index (χ3v) is 7.43. The Morgan fingerprint density at radius 1 is 1.00 bits per heavy atom. The fourth-order valence-corrected chi connectivity index (χ4v) is 5.68. The first kappa shape index (κ1) is 23.4. The van der Waals surface area contributed by atoms with E-state index in [1.807, 2.05) is 24.3 Å². The highest BCUT2D eigenvalue weighted by Crippen LogP contribution is 2.44. The first-order valence-electron chi connectivity index (χ1n) is 12.3. The molecule has 1 saturated carbocycles. The number of aliphatic carboxylic acids is 1. The van der Waals surface area contributed by atoms with Crippen LogP contribution in [0.25, 0.3) is 11.1 Å². The second-order valence-electron chi connectivity index (χ2n) is 9.43. The first-order valence-corrected chi connectivity index (χ1v) is 12.3. The van der Waals surface area contributed by atoms with Crippen molar-refractivity contribution in [3.8, 4) is 11.1 Å². The summed E-state index contributed by atoms with van der Waals surface area (Å²) < 4.78 is 11.0. The van der Waals surface area contributed by atoms with E-state index < -0.39 is 24.0 Å². The maximum atomic E-state index is 13.3. The smallest absolute Gasteiger partial charge is 0.407 e. The summed E-state index contributed by atoms with van der Waals surface area (Å²) in [6.45, 7) is 0.741. The van der Waals surface area contributed by atoms with Gasteiger partial charge in [-0.15, -0.1) is 0 Å². The number of hydrogen-bond acceptors (Lipinski definition) is 5. The van der Waals surface area contributed by atoms with E-state index in [0.717, 1.165) is 35.1 Å². The molecule has 184 valence electrons. The SMILES string of the molecule is O=C(N[C@H]1CCCC[C@H]1C(=O)N1CCOCC1C(=O)O)OCC1c2ccccc2-c2ccccc21. The lowest BCUT2D eigenvalue weighted by molar-refractivity contribution is -0.161. The van der Waals surface area contributed by atoms with Crippen molar-refractivity contribution in [1.29, 1.82) is 0 Å². The zero-order valence-electron chi connectivity index (χ0n) is 19.5. The second-order valence-corrected chi connectivity index (χ2v) is 9.43. The molecule has 2 N–H and O–H groups in total. The van der Waals surface area contributed by atoms with Crippen LogP contribution in [0, 0.1) is 5.92 Å². The number of carbonyl (C=O) groups excluding carboxylic acids is 2. The predicted molar refractivity (Wildman–Crippen MR) is 128 cm³/mol. The number of rotatable bonds is 5. The summed E-state index contributed by atoms with van der Waals surface area (Å²) in [7, 11) is 0. The molecule has 8 nitrogen and oxygen atoms in total. The zero-order chi connectivity index (χ0) is 24.4. The Balaban J connectivity index is 1.25. The number of alkyl carbamates (subject to hydrolysis) is 1. The van der Waals surface area contributed by atoms with Crippen LogP contribution in [0.15, 0.2) is 48.5 Å². The Morgan fingerprint density at radius 2 is 1.66 bits per heavy atom. The quantitative estimate of drug-likeness (QED) is 0.683. The molecule has 8 heteroatoms. The van der Waals surface area contributed by atoms with Crippen LogP contribution >= 0.6 is 0 Å². The van der Waals surface area contributed by atoms with Crippen molar-refractivity contribution in [3.05, 3.63) is 59.7 Å². The highest BCUT2D eigenvalue weighted by Gasteiger charge is 2.40. The van der Waals surface area contributed by atoms with Crippen LogP contribution in [0.4, 0.5) is 4.79 Å². The monoisotopic (exact) mass is 478 g/mol. The van der Waals surface area contributed by atoms with Gasteiger partial charge in [-0.05, 0) is 35.1 Å². The third-order valence-electron chi connectivity index (χ3n) is 7.43. The maximum absolute atomic E-state index is 13.3. The van der Waals surface area contributed by atoms with Crippen molar-refractivity contribution < 1.29 is 29.0 Å². The molecular formula is C27H30N2O6. The van der Waals surface area contributed by atoms with E-state index in [0.29, 0.717) is 19.4 Å². The van der Waals surface area contributed by atoms with Gasteiger partial charge in [-0.3, -0.25) is 4.79 Å². The Hall–Kier alpha value is -3.39. The van der Waals surface area contributed by atoms with E-state index in [2.05, 4.69) is 29.6 Å². The lowest BCUT2D eigenvalue weighted by Crippen LogP contribution is -2.57. The first-order chi connectivity index (χ1) is 17.0. The van der Waals surface area contributed by atoms with Crippen LogP contribution in [-0.2, 0) is 19.1 Å². The second kappa shape index (κ2) is 10.1. The number of carboxylic acids is 1. The number of ether oxygens (including phenoxy) is 2. The summed E-state index contributed by atoms with van der Waals surface area (Å²) in [5.74, 6) is -1.81. The topological polar surface area (TPSA) is 105 Å². The molecule has 0 bridgehead atoms. The van der Waals surface area contributed by atoms with Crippen LogP contribution in [0.5, 0.6) is 0 Å². The van der Waals surface area contributed by atoms with Gasteiger partial charge < -0.3 is 24.8 Å². The number of nitrogens with one attached hydrogen (secondary N) is 1. The summed E-state index contributed by atoms with van der Waals surface area (Å²) in [4.78, 5) is 39.2. The van der Waals surface area contributed by atoms with E-state index in [-0.39, 0.29) is 37.6 Å². The van der Waals surface area contributed by atoms with Gasteiger partial charge in [-0.2, -0.15) is 0 Å². The lowest BCUT2D eigenvalue weighted by atomic mass is 9.83. The minimum absolute atomic E-state index is 0.0156. The molecule has 1 unspecified atom stereocenters. The van der Waals surface area contributed by atoms with Crippen molar-refractivity contribution in [2.24, 2.45) is 5.92 Å². The van der Waals surface area contributed by atoms with Crippen molar-refractivity contribution in [1.82, 2.24) is 10.2 Å². The van der Waals surface area contributed by atoms with Crippen molar-refractivity contribution in [2.45, 2.75) is 43.7 Å². The molecule has 2 aromatic rings. The average Bonchev–Trinajstić information content (AvgIpc) is 3.21. The molecular weight excluding hydrogens is 448 g/mol. The largest absolute Gasteiger partial charge is 0.480 e. The number of amides is 2. The lowest BCUT2D eigenvalue weighted by Gasteiger charge is -2.39. The van der Waals surface area contributed by atoms with Gasteiger partial charge in [-0.25, -0.2) is 9.59 Å². The summed E-state index contributed by atoms with van der Waals surface area (Å²) in [6.07, 6.45) is 2.47. The zero-order valence-corrected chi connectivity index (χ0v) is 19.5. The Labute approximate surface area is 204 Å². The van der Waals surface area contributed by atoms with Crippen LogP contribution in [-0.4, -0.2) is 66.4 Å². The van der Waals surface area contributed by atoms with Gasteiger partial charge in [0, 0.05) is 18.5 Å². The van der Waals surface area contributed by atoms with Gasteiger partial charge >= 0.3 is 12.1 Å². The van der Waals surface area contributed by atoms with E-state index in [4.69, 9.17) is 9.47 Å². The van der Waals surface area contributed by atoms with Gasteiger partial charge in [0.05, 0.1) is 19.1 Å². The van der Waals surface area contributed by atoms with Gasteiger partial charge in [0.15, 0.2) is 6.04 Å². The highest BCUT2D eigenvalue weighted by molar-refractivity contribution is 5.86. The summed E-state index contributed by atoms with van der Waals surface area (Å²) in [6, 6.07) is 14.9. The van der Waals surface area contributed by atoms with E-state index in [1.165, 1.54) is 4.90 Å². The van der Waals surface area contributed by atoms with Crippen molar-refractivity contribution in [2.75, 3.05) is 26.4 Å². The molecule has 0 aromatic heterocycles. The number of carbonyl (C=O) groups is 3. The Kier molecular flexibility index (Phi) is 6.72. The minimum atomic E-state index is -1.07. The Bertz CT molecular complexity index is 1070. The number of fused-ring (bicyclic) bond motifs is 3. The number of carboxylic acid groups (broad SMARTS) is 1. The third kappa shape index (κ3) is 4.62. The molecule has 2 fully saturated rings. The number of nitrogens with zero attached hydrogens (tertiary/aromatic N) is 1. The number of morpholine rings is 1. The van der Waals surface area contributed by atoms with Crippen LogP contribution in [0.2, 0.25) is 0 Å². The fourth-order valence-electron chi connectivity index (χ4n) is 5.68.